The molecule has 0 saturated carbocycles. The lowest BCUT2D eigenvalue weighted by Gasteiger charge is -2.38. The van der Waals surface area contributed by atoms with Gasteiger partial charge in [-0.15, -0.1) is 0 Å². The van der Waals surface area contributed by atoms with E-state index in [0.29, 0.717) is 22.9 Å². The minimum Gasteiger partial charge on any atom is -0.495 e. The molecule has 136 valence electrons. The van der Waals surface area contributed by atoms with E-state index < -0.39 is 6.04 Å². The summed E-state index contributed by atoms with van der Waals surface area (Å²) >= 11 is 6.05. The zero-order valence-corrected chi connectivity index (χ0v) is 15.0. The number of hydrogen-bond acceptors (Lipinski definition) is 5. The molecule has 2 fully saturated rings. The smallest absolute Gasteiger partial charge is 0.251 e. The molecule has 2 heterocycles. The van der Waals surface area contributed by atoms with Gasteiger partial charge in [0.05, 0.1) is 25.3 Å². The van der Waals surface area contributed by atoms with Crippen LogP contribution in [0.4, 0.5) is 5.69 Å². The maximum Gasteiger partial charge on any atom is 0.251 e. The van der Waals surface area contributed by atoms with Gasteiger partial charge in [-0.1, -0.05) is 18.0 Å². The lowest BCUT2D eigenvalue weighted by atomic mass is 9.97. The van der Waals surface area contributed by atoms with Crippen LogP contribution >= 0.6 is 11.6 Å². The van der Waals surface area contributed by atoms with E-state index in [9.17, 15) is 14.7 Å². The Morgan fingerprint density at radius 1 is 1.32 bits per heavy atom. The van der Waals surface area contributed by atoms with Crippen LogP contribution in [0, 0.1) is 0 Å². The Morgan fingerprint density at radius 2 is 2.12 bits per heavy atom. The molecule has 1 aromatic carbocycles. The van der Waals surface area contributed by atoms with Gasteiger partial charge in [-0.25, -0.2) is 4.90 Å². The van der Waals surface area contributed by atoms with Crippen molar-refractivity contribution in [2.75, 3.05) is 25.2 Å². The Balaban J connectivity index is 1.89. The fraction of sp³-hybridized carbons (Fsp3) is 0.556. The predicted molar refractivity (Wildman–Crippen MR) is 94.9 cm³/mol. The molecule has 0 radical (unpaired) electrons. The van der Waals surface area contributed by atoms with Gasteiger partial charge in [0.1, 0.15) is 5.75 Å². The minimum atomic E-state index is -0.479. The molecule has 0 bridgehead atoms. The van der Waals surface area contributed by atoms with E-state index >= 15 is 0 Å². The van der Waals surface area contributed by atoms with Crippen molar-refractivity contribution >= 4 is 29.1 Å². The number of halogens is 1. The molecule has 1 N–H and O–H groups in total. The van der Waals surface area contributed by atoms with Crippen LogP contribution in [0.5, 0.6) is 5.75 Å². The van der Waals surface area contributed by atoms with Crippen LogP contribution in [0.25, 0.3) is 0 Å². The highest BCUT2D eigenvalue weighted by molar-refractivity contribution is 6.31. The van der Waals surface area contributed by atoms with Gasteiger partial charge >= 0.3 is 0 Å². The summed E-state index contributed by atoms with van der Waals surface area (Å²) in [6, 6.07) is 4.56. The second kappa shape index (κ2) is 7.72. The van der Waals surface area contributed by atoms with Gasteiger partial charge in [-0.05, 0) is 44.0 Å². The van der Waals surface area contributed by atoms with E-state index in [4.69, 9.17) is 16.3 Å². The summed E-state index contributed by atoms with van der Waals surface area (Å²) in [5.41, 5.74) is 0.392. The molecular weight excluding hydrogens is 344 g/mol. The van der Waals surface area contributed by atoms with Gasteiger partial charge in [-0.3, -0.25) is 14.5 Å². The number of ether oxygens (including phenoxy) is 1. The Hall–Kier alpha value is -1.63. The highest BCUT2D eigenvalue weighted by Crippen LogP contribution is 2.36. The lowest BCUT2D eigenvalue weighted by Crippen LogP contribution is -2.50. The third-order valence-corrected chi connectivity index (χ3v) is 5.28. The number of nitrogens with zero attached hydrogens (tertiary/aromatic N) is 2. The molecule has 25 heavy (non-hydrogen) atoms. The van der Waals surface area contributed by atoms with Gasteiger partial charge in [0.25, 0.3) is 5.91 Å². The second-order valence-electron chi connectivity index (χ2n) is 6.50. The quantitative estimate of drug-likeness (QED) is 0.809. The molecule has 2 atom stereocenters. The van der Waals surface area contributed by atoms with Gasteiger partial charge in [0, 0.05) is 17.7 Å². The van der Waals surface area contributed by atoms with Crippen molar-refractivity contribution in [1.29, 1.82) is 0 Å². The largest absolute Gasteiger partial charge is 0.495 e. The third kappa shape index (κ3) is 3.52. The van der Waals surface area contributed by atoms with E-state index in [1.807, 2.05) is 0 Å². The standard InChI is InChI=1S/C18H23ClN2O4/c1-25-16-6-5-12(19)10-14(16)21-17(23)11-15(18(21)24)20-8-3-2-4-13(20)7-9-22/h5-6,10,13,15,22H,2-4,7-9,11H2,1H3. The first kappa shape index (κ1) is 18.2. The first-order valence-electron chi connectivity index (χ1n) is 8.63. The minimum absolute atomic E-state index is 0.0852. The van der Waals surface area contributed by atoms with Crippen molar-refractivity contribution in [3.05, 3.63) is 23.2 Å². The van der Waals surface area contributed by atoms with Crippen LogP contribution in [0.1, 0.15) is 32.1 Å². The molecule has 2 amide bonds. The normalized spacial score (nSPS) is 24.8. The number of likely N-dealkylation sites (tertiary alicyclic amines) is 1. The summed E-state index contributed by atoms with van der Waals surface area (Å²) in [7, 11) is 1.50. The number of aliphatic hydroxyl groups excluding tert-OH is 1. The summed E-state index contributed by atoms with van der Waals surface area (Å²) in [6.45, 7) is 0.858. The van der Waals surface area contributed by atoms with E-state index in [1.54, 1.807) is 18.2 Å². The highest BCUT2D eigenvalue weighted by Gasteiger charge is 2.45. The Kier molecular flexibility index (Phi) is 5.61. The number of imide groups is 1. The molecule has 2 aliphatic heterocycles. The van der Waals surface area contributed by atoms with Gasteiger partial charge < -0.3 is 9.84 Å². The van der Waals surface area contributed by atoms with E-state index in [2.05, 4.69) is 4.90 Å². The molecule has 2 unspecified atom stereocenters. The fourth-order valence-corrected chi connectivity index (χ4v) is 4.02. The number of carbonyl (C=O) groups excluding carboxylic acids is 2. The number of amides is 2. The van der Waals surface area contributed by atoms with Crippen LogP contribution in [0.15, 0.2) is 18.2 Å². The molecule has 2 aliphatic rings. The first-order chi connectivity index (χ1) is 12.1. The van der Waals surface area contributed by atoms with E-state index in [-0.39, 0.29) is 30.9 Å². The van der Waals surface area contributed by atoms with Gasteiger partial charge in [-0.2, -0.15) is 0 Å². The van der Waals surface area contributed by atoms with Crippen molar-refractivity contribution in [3.8, 4) is 5.75 Å². The lowest BCUT2D eigenvalue weighted by molar-refractivity contribution is -0.124. The maximum atomic E-state index is 13.0. The summed E-state index contributed by atoms with van der Waals surface area (Å²) in [6.07, 6.45) is 3.80. The molecule has 6 nitrogen and oxygen atoms in total. The molecule has 1 aromatic rings. The number of benzene rings is 1. The average Bonchev–Trinajstić information content (AvgIpc) is 2.90. The molecule has 3 rings (SSSR count). The molecule has 0 aliphatic carbocycles. The van der Waals surface area contributed by atoms with Crippen molar-refractivity contribution in [1.82, 2.24) is 4.90 Å². The molecule has 0 aromatic heterocycles. The summed E-state index contributed by atoms with van der Waals surface area (Å²) in [5, 5.41) is 9.75. The van der Waals surface area contributed by atoms with Crippen LogP contribution in [0.2, 0.25) is 5.02 Å². The molecule has 2 saturated heterocycles. The third-order valence-electron chi connectivity index (χ3n) is 5.04. The topological polar surface area (TPSA) is 70.1 Å². The number of anilines is 1. The van der Waals surface area contributed by atoms with Crippen molar-refractivity contribution in [2.45, 2.75) is 44.2 Å². The van der Waals surface area contributed by atoms with Crippen LogP contribution < -0.4 is 9.64 Å². The summed E-state index contributed by atoms with van der Waals surface area (Å²) in [5.74, 6) is -0.0448. The zero-order valence-electron chi connectivity index (χ0n) is 14.3. The number of aliphatic hydroxyl groups is 1. The number of rotatable bonds is 5. The number of carbonyl (C=O) groups is 2. The molecule has 0 spiro atoms. The highest BCUT2D eigenvalue weighted by atomic mass is 35.5. The predicted octanol–water partition coefficient (Wildman–Crippen LogP) is 2.22. The van der Waals surface area contributed by atoms with Crippen LogP contribution in [0.3, 0.4) is 0 Å². The fourth-order valence-electron chi connectivity index (χ4n) is 3.86. The average molecular weight is 367 g/mol. The number of methoxy groups -OCH3 is 1. The van der Waals surface area contributed by atoms with E-state index in [1.165, 1.54) is 12.0 Å². The molecular formula is C18H23ClN2O4. The van der Waals surface area contributed by atoms with Crippen molar-refractivity contribution in [3.63, 3.8) is 0 Å². The maximum absolute atomic E-state index is 13.0. The Labute approximate surface area is 152 Å². The van der Waals surface area contributed by atoms with Crippen molar-refractivity contribution < 1.29 is 19.4 Å². The van der Waals surface area contributed by atoms with Crippen LogP contribution in [-0.4, -0.2) is 54.2 Å². The monoisotopic (exact) mass is 366 g/mol. The number of piperidine rings is 1. The summed E-state index contributed by atoms with van der Waals surface area (Å²) in [4.78, 5) is 28.9. The van der Waals surface area contributed by atoms with Crippen LogP contribution in [-0.2, 0) is 9.59 Å². The molecule has 7 heteroatoms. The van der Waals surface area contributed by atoms with Gasteiger partial charge in [0.15, 0.2) is 0 Å². The Bertz CT molecular complexity index is 664. The van der Waals surface area contributed by atoms with Crippen molar-refractivity contribution in [2.24, 2.45) is 0 Å². The zero-order chi connectivity index (χ0) is 18.0. The van der Waals surface area contributed by atoms with Gasteiger partial charge in [0.2, 0.25) is 5.91 Å². The van der Waals surface area contributed by atoms with E-state index in [0.717, 1.165) is 25.8 Å². The SMILES string of the molecule is COc1ccc(Cl)cc1N1C(=O)CC(N2CCCCC2CCO)C1=O. The second-order valence-corrected chi connectivity index (χ2v) is 6.94. The summed E-state index contributed by atoms with van der Waals surface area (Å²) < 4.78 is 5.30. The first-order valence-corrected chi connectivity index (χ1v) is 9.01. The number of hydrogen-bond donors (Lipinski definition) is 1. The Morgan fingerprint density at radius 3 is 2.84 bits per heavy atom.